The van der Waals surface area contributed by atoms with Crippen molar-refractivity contribution in [1.82, 2.24) is 0 Å². The van der Waals surface area contributed by atoms with E-state index in [0.717, 1.165) is 16.0 Å². The third-order valence-electron chi connectivity index (χ3n) is 4.42. The second-order valence-electron chi connectivity index (χ2n) is 6.74. The van der Waals surface area contributed by atoms with Gasteiger partial charge in [0, 0.05) is 12.8 Å². The van der Waals surface area contributed by atoms with Crippen LogP contribution in [0.4, 0.5) is 11.4 Å². The number of rotatable bonds is 5. The molecule has 2 aromatic carbocycles. The number of ether oxygens (including phenoxy) is 1. The minimum atomic E-state index is -0.743. The summed E-state index contributed by atoms with van der Waals surface area (Å²) < 4.78 is 5.05. The van der Waals surface area contributed by atoms with E-state index >= 15 is 0 Å². The van der Waals surface area contributed by atoms with Gasteiger partial charge in [-0.1, -0.05) is 23.7 Å². The number of carbonyl (C=O) groups excluding carboxylic acids is 4. The Balaban J connectivity index is 1.64. The first-order valence-corrected chi connectivity index (χ1v) is 9.33. The number of anilines is 2. The van der Waals surface area contributed by atoms with Crippen LogP contribution >= 0.6 is 11.6 Å². The maximum absolute atomic E-state index is 12.3. The molecular weight excluding hydrogens is 396 g/mol. The van der Waals surface area contributed by atoms with Gasteiger partial charge in [0.1, 0.15) is 0 Å². The largest absolute Gasteiger partial charge is 0.452 e. The van der Waals surface area contributed by atoms with E-state index in [1.165, 1.54) is 12.1 Å². The summed E-state index contributed by atoms with van der Waals surface area (Å²) in [7, 11) is 0. The van der Waals surface area contributed by atoms with Crippen LogP contribution in [0.1, 0.15) is 34.3 Å². The molecule has 150 valence electrons. The molecule has 1 aliphatic rings. The van der Waals surface area contributed by atoms with Gasteiger partial charge < -0.3 is 10.1 Å². The molecule has 1 aliphatic heterocycles. The Morgan fingerprint density at radius 1 is 1.10 bits per heavy atom. The summed E-state index contributed by atoms with van der Waals surface area (Å²) in [6.07, 6.45) is 0.295. The molecule has 0 radical (unpaired) electrons. The summed E-state index contributed by atoms with van der Waals surface area (Å²) >= 11 is 6.16. The van der Waals surface area contributed by atoms with Crippen LogP contribution in [-0.4, -0.2) is 30.3 Å². The van der Waals surface area contributed by atoms with Crippen molar-refractivity contribution in [2.75, 3.05) is 16.8 Å². The van der Waals surface area contributed by atoms with Crippen LogP contribution in [0, 0.1) is 13.8 Å². The van der Waals surface area contributed by atoms with Crippen LogP contribution in [0.25, 0.3) is 0 Å². The van der Waals surface area contributed by atoms with Gasteiger partial charge in [0.2, 0.25) is 11.8 Å². The summed E-state index contributed by atoms with van der Waals surface area (Å²) in [4.78, 5) is 49.2. The van der Waals surface area contributed by atoms with Crippen molar-refractivity contribution in [3.05, 3.63) is 58.1 Å². The fraction of sp³-hybridized carbons (Fsp3) is 0.238. The van der Waals surface area contributed by atoms with Crippen LogP contribution < -0.4 is 10.2 Å². The minimum Gasteiger partial charge on any atom is -0.452 e. The van der Waals surface area contributed by atoms with E-state index in [1.54, 1.807) is 18.2 Å². The minimum absolute atomic E-state index is 0.132. The van der Waals surface area contributed by atoms with E-state index in [2.05, 4.69) is 5.32 Å². The van der Waals surface area contributed by atoms with Gasteiger partial charge in [-0.05, 0) is 49.2 Å². The van der Waals surface area contributed by atoms with Crippen LogP contribution in [-0.2, 0) is 19.1 Å². The fourth-order valence-corrected chi connectivity index (χ4v) is 3.47. The van der Waals surface area contributed by atoms with Crippen molar-refractivity contribution in [2.24, 2.45) is 0 Å². The SMILES string of the molecule is Cc1cc(C)c(NC(=O)COC(=O)c2cccc(N3C(=O)CCC3=O)c2)c(Cl)c1. The molecule has 0 bridgehead atoms. The zero-order valence-corrected chi connectivity index (χ0v) is 16.7. The molecule has 0 atom stereocenters. The number of hydrogen-bond acceptors (Lipinski definition) is 5. The molecule has 7 nitrogen and oxygen atoms in total. The first kappa shape index (κ1) is 20.5. The van der Waals surface area contributed by atoms with Crippen molar-refractivity contribution in [3.8, 4) is 0 Å². The average molecular weight is 415 g/mol. The van der Waals surface area contributed by atoms with Gasteiger partial charge in [-0.15, -0.1) is 0 Å². The topological polar surface area (TPSA) is 92.8 Å². The second-order valence-corrected chi connectivity index (χ2v) is 7.14. The lowest BCUT2D eigenvalue weighted by atomic mass is 10.1. The normalized spacial score (nSPS) is 13.6. The van der Waals surface area contributed by atoms with Crippen LogP contribution in [0.2, 0.25) is 5.02 Å². The van der Waals surface area contributed by atoms with Crippen molar-refractivity contribution < 1.29 is 23.9 Å². The lowest BCUT2D eigenvalue weighted by Gasteiger charge is -2.15. The summed E-state index contributed by atoms with van der Waals surface area (Å²) in [5.74, 6) is -1.91. The number of nitrogens with one attached hydrogen (secondary N) is 1. The Bertz CT molecular complexity index is 979. The summed E-state index contributed by atoms with van der Waals surface area (Å²) in [6.45, 7) is 3.20. The molecule has 3 amide bonds. The highest BCUT2D eigenvalue weighted by atomic mass is 35.5. The maximum Gasteiger partial charge on any atom is 0.338 e. The zero-order chi connectivity index (χ0) is 21.1. The molecule has 0 spiro atoms. The standard InChI is InChI=1S/C21H19ClN2O5/c1-12-8-13(2)20(16(22)9-12)23-17(25)11-29-21(28)14-4-3-5-15(10-14)24-18(26)6-7-19(24)27/h3-5,8-10H,6-7,11H2,1-2H3,(H,23,25). The van der Waals surface area contributed by atoms with Gasteiger partial charge in [-0.2, -0.15) is 0 Å². The summed E-state index contributed by atoms with van der Waals surface area (Å²) in [5, 5.41) is 3.03. The van der Waals surface area contributed by atoms with Crippen LogP contribution in [0.5, 0.6) is 0 Å². The third kappa shape index (κ3) is 4.63. The molecule has 8 heteroatoms. The van der Waals surface area contributed by atoms with Crippen LogP contribution in [0.15, 0.2) is 36.4 Å². The number of hydrogen-bond donors (Lipinski definition) is 1. The van der Waals surface area contributed by atoms with E-state index in [0.29, 0.717) is 16.4 Å². The lowest BCUT2D eigenvalue weighted by Crippen LogP contribution is -2.28. The number of aryl methyl sites for hydroxylation is 2. The Morgan fingerprint density at radius 2 is 1.79 bits per heavy atom. The molecule has 3 rings (SSSR count). The molecule has 1 fully saturated rings. The van der Waals surface area contributed by atoms with Gasteiger partial charge in [0.15, 0.2) is 6.61 Å². The number of imide groups is 1. The second kappa shape index (κ2) is 8.45. The number of amides is 3. The van der Waals surface area contributed by atoms with Gasteiger partial charge in [-0.25, -0.2) is 4.79 Å². The zero-order valence-electron chi connectivity index (χ0n) is 16.0. The number of carbonyl (C=O) groups is 4. The first-order chi connectivity index (χ1) is 13.8. The van der Waals surface area contributed by atoms with Gasteiger partial charge in [0.25, 0.3) is 5.91 Å². The number of nitrogens with zero attached hydrogens (tertiary/aromatic N) is 1. The summed E-state index contributed by atoms with van der Waals surface area (Å²) in [5.41, 5.74) is 2.66. The molecule has 29 heavy (non-hydrogen) atoms. The van der Waals surface area contributed by atoms with Crippen molar-refractivity contribution in [2.45, 2.75) is 26.7 Å². The van der Waals surface area contributed by atoms with E-state index in [4.69, 9.17) is 16.3 Å². The number of halogens is 1. The molecule has 2 aromatic rings. The first-order valence-electron chi connectivity index (χ1n) is 8.96. The Hall–Kier alpha value is -3.19. The molecule has 0 aliphatic carbocycles. The predicted octanol–water partition coefficient (Wildman–Crippen LogP) is 3.41. The third-order valence-corrected chi connectivity index (χ3v) is 4.72. The number of benzene rings is 2. The summed E-state index contributed by atoms with van der Waals surface area (Å²) in [6, 6.07) is 9.58. The Labute approximate surface area is 172 Å². The molecule has 0 aromatic heterocycles. The fourth-order valence-electron chi connectivity index (χ4n) is 3.10. The van der Waals surface area contributed by atoms with Gasteiger partial charge in [-0.3, -0.25) is 19.3 Å². The highest BCUT2D eigenvalue weighted by Gasteiger charge is 2.30. The van der Waals surface area contributed by atoms with Crippen molar-refractivity contribution in [1.29, 1.82) is 0 Å². The predicted molar refractivity (Wildman–Crippen MR) is 108 cm³/mol. The quantitative estimate of drug-likeness (QED) is 0.597. The lowest BCUT2D eigenvalue weighted by molar-refractivity contribution is -0.121. The monoisotopic (exact) mass is 414 g/mol. The van der Waals surface area contributed by atoms with E-state index in [1.807, 2.05) is 19.9 Å². The van der Waals surface area contributed by atoms with E-state index in [9.17, 15) is 19.2 Å². The van der Waals surface area contributed by atoms with Gasteiger partial charge in [0.05, 0.1) is 22.0 Å². The van der Waals surface area contributed by atoms with Crippen molar-refractivity contribution >= 4 is 46.7 Å². The highest BCUT2D eigenvalue weighted by molar-refractivity contribution is 6.34. The molecule has 0 unspecified atom stereocenters. The Kier molecular flexibility index (Phi) is 5.98. The molecule has 1 N–H and O–H groups in total. The van der Waals surface area contributed by atoms with Crippen LogP contribution in [0.3, 0.4) is 0 Å². The van der Waals surface area contributed by atoms with Crippen molar-refractivity contribution in [3.63, 3.8) is 0 Å². The average Bonchev–Trinajstić information content (AvgIpc) is 3.01. The number of esters is 1. The molecular formula is C21H19ClN2O5. The highest BCUT2D eigenvalue weighted by Crippen LogP contribution is 2.27. The van der Waals surface area contributed by atoms with E-state index < -0.39 is 18.5 Å². The van der Waals surface area contributed by atoms with Gasteiger partial charge >= 0.3 is 5.97 Å². The molecule has 1 saturated heterocycles. The Morgan fingerprint density at radius 3 is 2.45 bits per heavy atom. The van der Waals surface area contributed by atoms with E-state index in [-0.39, 0.29) is 30.2 Å². The molecule has 1 heterocycles. The maximum atomic E-state index is 12.3. The smallest absolute Gasteiger partial charge is 0.338 e. The molecule has 0 saturated carbocycles.